The van der Waals surface area contributed by atoms with Crippen LogP contribution in [-0.2, 0) is 0 Å². The molecule has 4 heteroatoms. The Labute approximate surface area is 125 Å². The molecule has 0 aliphatic heterocycles. The fraction of sp³-hybridized carbons (Fsp3) is 0.133. The van der Waals surface area contributed by atoms with E-state index in [4.69, 9.17) is 4.74 Å². The van der Waals surface area contributed by atoms with Crippen LogP contribution in [0.4, 0.5) is 0 Å². The maximum atomic E-state index is 12.6. The van der Waals surface area contributed by atoms with Crippen LogP contribution in [0.5, 0.6) is 5.75 Å². The van der Waals surface area contributed by atoms with Gasteiger partial charge in [0.25, 0.3) is 0 Å². The van der Waals surface area contributed by atoms with Crippen molar-refractivity contribution in [2.75, 3.05) is 13.4 Å². The van der Waals surface area contributed by atoms with Gasteiger partial charge < -0.3 is 4.74 Å². The number of methoxy groups -OCH3 is 1. The summed E-state index contributed by atoms with van der Waals surface area (Å²) >= 11 is 5.00. The maximum Gasteiger partial charge on any atom is 0.195 e. The topological polar surface area (TPSA) is 26.3 Å². The van der Waals surface area contributed by atoms with Crippen molar-refractivity contribution in [2.45, 2.75) is 4.90 Å². The minimum Gasteiger partial charge on any atom is -0.497 e. The summed E-state index contributed by atoms with van der Waals surface area (Å²) in [7, 11) is 1.60. The largest absolute Gasteiger partial charge is 0.497 e. The molecule has 0 unspecified atom stereocenters. The second-order valence-corrected chi connectivity index (χ2v) is 5.58. The Hall–Kier alpha value is -1.26. The molecule has 0 spiro atoms. The maximum absolute atomic E-state index is 12.6. The number of rotatable bonds is 4. The molecule has 0 heterocycles. The van der Waals surface area contributed by atoms with Gasteiger partial charge in [-0.2, -0.15) is 0 Å². The van der Waals surface area contributed by atoms with Gasteiger partial charge in [0.1, 0.15) is 5.75 Å². The van der Waals surface area contributed by atoms with E-state index in [-0.39, 0.29) is 5.78 Å². The fourth-order valence-corrected chi connectivity index (χ4v) is 2.92. The Morgan fingerprint density at radius 3 is 2.53 bits per heavy atom. The second-order valence-electron chi connectivity index (χ2n) is 3.88. The summed E-state index contributed by atoms with van der Waals surface area (Å²) in [5, 5.41) is 0. The highest BCUT2D eigenvalue weighted by atomic mass is 79.9. The zero-order valence-electron chi connectivity index (χ0n) is 10.6. The molecule has 19 heavy (non-hydrogen) atoms. The smallest absolute Gasteiger partial charge is 0.195 e. The zero-order valence-corrected chi connectivity index (χ0v) is 13.0. The van der Waals surface area contributed by atoms with Crippen LogP contribution in [-0.4, -0.2) is 19.1 Å². The average Bonchev–Trinajstić information content (AvgIpc) is 2.46. The number of benzene rings is 2. The van der Waals surface area contributed by atoms with Crippen LogP contribution in [0.3, 0.4) is 0 Å². The first kappa shape index (κ1) is 14.2. The van der Waals surface area contributed by atoms with Gasteiger partial charge in [-0.25, -0.2) is 0 Å². The van der Waals surface area contributed by atoms with Gasteiger partial charge in [0, 0.05) is 20.5 Å². The number of thioether (sulfide) groups is 1. The first-order chi connectivity index (χ1) is 9.17. The summed E-state index contributed by atoms with van der Waals surface area (Å²) in [5.41, 5.74) is 1.36. The van der Waals surface area contributed by atoms with E-state index in [0.717, 1.165) is 20.7 Å². The lowest BCUT2D eigenvalue weighted by Crippen LogP contribution is -2.04. The molecular weight excluding hydrogens is 324 g/mol. The first-order valence-corrected chi connectivity index (χ1v) is 7.70. The summed E-state index contributed by atoms with van der Waals surface area (Å²) < 4.78 is 5.88. The molecular formula is C15H13BrO2S. The average molecular weight is 337 g/mol. The second kappa shape index (κ2) is 6.26. The van der Waals surface area contributed by atoms with Crippen LogP contribution >= 0.6 is 27.7 Å². The zero-order chi connectivity index (χ0) is 13.8. The number of carbonyl (C=O) groups excluding carboxylic acids is 1. The van der Waals surface area contributed by atoms with Gasteiger partial charge in [0.15, 0.2) is 5.78 Å². The van der Waals surface area contributed by atoms with E-state index in [1.165, 1.54) is 0 Å². The number of hydrogen-bond donors (Lipinski definition) is 0. The van der Waals surface area contributed by atoms with Crippen molar-refractivity contribution >= 4 is 33.5 Å². The standard InChI is InChI=1S/C15H13BrO2S/c1-18-10-7-8-11(13(16)9-10)15(17)12-5-3-4-6-14(12)19-2/h3-9H,1-2H3. The lowest BCUT2D eigenvalue weighted by Gasteiger charge is -2.09. The number of carbonyl (C=O) groups is 1. The molecule has 2 rings (SSSR count). The van der Waals surface area contributed by atoms with E-state index in [0.29, 0.717) is 5.56 Å². The Morgan fingerprint density at radius 2 is 1.89 bits per heavy atom. The molecule has 2 aromatic carbocycles. The lowest BCUT2D eigenvalue weighted by molar-refractivity contribution is 0.103. The highest BCUT2D eigenvalue weighted by molar-refractivity contribution is 9.10. The van der Waals surface area contributed by atoms with E-state index < -0.39 is 0 Å². The van der Waals surface area contributed by atoms with E-state index in [1.807, 2.05) is 30.5 Å². The van der Waals surface area contributed by atoms with Crippen LogP contribution < -0.4 is 4.74 Å². The summed E-state index contributed by atoms with van der Waals surface area (Å²) in [6.07, 6.45) is 1.97. The van der Waals surface area contributed by atoms with Gasteiger partial charge in [0.05, 0.1) is 7.11 Å². The van der Waals surface area contributed by atoms with Crippen molar-refractivity contribution in [2.24, 2.45) is 0 Å². The summed E-state index contributed by atoms with van der Waals surface area (Å²) in [6.45, 7) is 0. The molecule has 0 aliphatic carbocycles. The van der Waals surface area contributed by atoms with Crippen molar-refractivity contribution in [1.29, 1.82) is 0 Å². The molecule has 0 aromatic heterocycles. The van der Waals surface area contributed by atoms with Gasteiger partial charge in [0.2, 0.25) is 0 Å². The van der Waals surface area contributed by atoms with E-state index in [2.05, 4.69) is 15.9 Å². The minimum atomic E-state index is 0.0134. The van der Waals surface area contributed by atoms with Crippen molar-refractivity contribution in [3.05, 3.63) is 58.1 Å². The van der Waals surface area contributed by atoms with Crippen LogP contribution in [0.15, 0.2) is 51.8 Å². The molecule has 0 bridgehead atoms. The molecule has 2 aromatic rings. The third-order valence-electron chi connectivity index (χ3n) is 2.77. The molecule has 2 nitrogen and oxygen atoms in total. The van der Waals surface area contributed by atoms with Crippen molar-refractivity contribution in [1.82, 2.24) is 0 Å². The van der Waals surface area contributed by atoms with Crippen molar-refractivity contribution in [3.8, 4) is 5.75 Å². The number of ether oxygens (including phenoxy) is 1. The van der Waals surface area contributed by atoms with Crippen LogP contribution in [0.2, 0.25) is 0 Å². The Bertz CT molecular complexity index is 611. The van der Waals surface area contributed by atoms with Crippen LogP contribution in [0.1, 0.15) is 15.9 Å². The third-order valence-corrected chi connectivity index (χ3v) is 4.22. The Morgan fingerprint density at radius 1 is 1.16 bits per heavy atom. The molecule has 0 aliphatic rings. The highest BCUT2D eigenvalue weighted by Crippen LogP contribution is 2.28. The summed E-state index contributed by atoms with van der Waals surface area (Å²) in [4.78, 5) is 13.5. The van der Waals surface area contributed by atoms with Crippen LogP contribution in [0, 0.1) is 0 Å². The lowest BCUT2D eigenvalue weighted by atomic mass is 10.0. The van der Waals surface area contributed by atoms with E-state index in [1.54, 1.807) is 37.1 Å². The van der Waals surface area contributed by atoms with Gasteiger partial charge in [-0.3, -0.25) is 4.79 Å². The summed E-state index contributed by atoms with van der Waals surface area (Å²) in [6, 6.07) is 13.0. The van der Waals surface area contributed by atoms with Crippen LogP contribution in [0.25, 0.3) is 0 Å². The van der Waals surface area contributed by atoms with E-state index >= 15 is 0 Å². The molecule has 0 saturated heterocycles. The first-order valence-electron chi connectivity index (χ1n) is 5.68. The van der Waals surface area contributed by atoms with Crippen molar-refractivity contribution < 1.29 is 9.53 Å². The van der Waals surface area contributed by atoms with Gasteiger partial charge in [-0.1, -0.05) is 12.1 Å². The molecule has 0 fully saturated rings. The quantitative estimate of drug-likeness (QED) is 0.611. The Kier molecular flexibility index (Phi) is 4.66. The van der Waals surface area contributed by atoms with E-state index in [9.17, 15) is 4.79 Å². The molecule has 98 valence electrons. The predicted molar refractivity (Wildman–Crippen MR) is 82.3 cm³/mol. The van der Waals surface area contributed by atoms with Gasteiger partial charge in [-0.05, 0) is 52.5 Å². The normalized spacial score (nSPS) is 10.3. The number of ketones is 1. The molecule has 0 saturated carbocycles. The molecule has 0 amide bonds. The highest BCUT2D eigenvalue weighted by Gasteiger charge is 2.16. The molecule has 0 N–H and O–H groups in total. The number of hydrogen-bond acceptors (Lipinski definition) is 3. The third kappa shape index (κ3) is 3.01. The SMILES string of the molecule is COc1ccc(C(=O)c2ccccc2SC)c(Br)c1. The monoisotopic (exact) mass is 336 g/mol. The molecule has 0 atom stereocenters. The minimum absolute atomic E-state index is 0.0134. The molecule has 0 radical (unpaired) electrons. The predicted octanol–water partition coefficient (Wildman–Crippen LogP) is 4.41. The van der Waals surface area contributed by atoms with Gasteiger partial charge >= 0.3 is 0 Å². The number of halogens is 1. The van der Waals surface area contributed by atoms with Gasteiger partial charge in [-0.15, -0.1) is 11.8 Å². The van der Waals surface area contributed by atoms with Crippen molar-refractivity contribution in [3.63, 3.8) is 0 Å². The Balaban J connectivity index is 2.44. The summed E-state index contributed by atoms with van der Waals surface area (Å²) in [5.74, 6) is 0.737. The fourth-order valence-electron chi connectivity index (χ4n) is 1.78.